The van der Waals surface area contributed by atoms with Crippen LogP contribution in [0, 0.1) is 68.0 Å². The van der Waals surface area contributed by atoms with Gasteiger partial charge in [0, 0.05) is 5.56 Å². The minimum Gasteiger partial charge on any atom is -0.267 e. The molecule has 0 saturated heterocycles. The first kappa shape index (κ1) is 18.5. The second kappa shape index (κ2) is 6.97. The SMILES string of the molecule is N#CC1=NCc2c(c3nc(C#N)c(C#N)nc3c3nc(C#N)c(C#N)nc23)N=C1C#N. The summed E-state index contributed by atoms with van der Waals surface area (Å²) in [7, 11) is 0. The molecule has 3 heterocycles. The smallest absolute Gasteiger partial charge is 0.177 e. The van der Waals surface area contributed by atoms with Crippen LogP contribution in [-0.2, 0) is 6.54 Å². The molecule has 1 aliphatic heterocycles. The molecular formula is C19H2N12. The van der Waals surface area contributed by atoms with E-state index in [-0.39, 0.29) is 74.1 Å². The van der Waals surface area contributed by atoms with Crippen LogP contribution in [0.4, 0.5) is 5.69 Å². The first-order chi connectivity index (χ1) is 15.1. The second-order valence-corrected chi connectivity index (χ2v) is 5.86. The van der Waals surface area contributed by atoms with Crippen molar-refractivity contribution in [3.63, 3.8) is 0 Å². The van der Waals surface area contributed by atoms with Gasteiger partial charge in [0.2, 0.25) is 0 Å². The lowest BCUT2D eigenvalue weighted by Crippen LogP contribution is -2.08. The number of nitrogens with zero attached hydrogens (tertiary/aromatic N) is 12. The first-order valence-corrected chi connectivity index (χ1v) is 8.22. The van der Waals surface area contributed by atoms with E-state index >= 15 is 0 Å². The van der Waals surface area contributed by atoms with E-state index in [0.717, 1.165) is 0 Å². The van der Waals surface area contributed by atoms with Crippen molar-refractivity contribution in [2.75, 3.05) is 0 Å². The van der Waals surface area contributed by atoms with E-state index in [9.17, 15) is 31.6 Å². The number of nitriles is 6. The van der Waals surface area contributed by atoms with Crippen molar-refractivity contribution in [1.29, 1.82) is 31.6 Å². The van der Waals surface area contributed by atoms with E-state index in [1.54, 1.807) is 36.4 Å². The molecule has 3 aromatic rings. The highest BCUT2D eigenvalue weighted by Gasteiger charge is 2.25. The van der Waals surface area contributed by atoms with Gasteiger partial charge in [-0.3, -0.25) is 4.99 Å². The van der Waals surface area contributed by atoms with Crippen molar-refractivity contribution in [3.8, 4) is 36.4 Å². The third-order valence-electron chi connectivity index (χ3n) is 4.29. The molecule has 0 radical (unpaired) electrons. The summed E-state index contributed by atoms with van der Waals surface area (Å²) in [5.74, 6) is 0. The average molecular weight is 398 g/mol. The van der Waals surface area contributed by atoms with Gasteiger partial charge < -0.3 is 0 Å². The zero-order valence-corrected chi connectivity index (χ0v) is 15.1. The topological polar surface area (TPSA) is 219 Å². The third-order valence-corrected chi connectivity index (χ3v) is 4.29. The predicted molar refractivity (Wildman–Crippen MR) is 101 cm³/mol. The molecule has 0 saturated carbocycles. The predicted octanol–water partition coefficient (Wildman–Crippen LogP) is 1.13. The molecule has 0 unspecified atom stereocenters. The van der Waals surface area contributed by atoms with E-state index < -0.39 is 0 Å². The molecule has 31 heavy (non-hydrogen) atoms. The van der Waals surface area contributed by atoms with Crippen LogP contribution in [0.1, 0.15) is 28.3 Å². The van der Waals surface area contributed by atoms with Gasteiger partial charge in [-0.15, -0.1) is 0 Å². The van der Waals surface area contributed by atoms with Gasteiger partial charge in [0.05, 0.1) is 17.7 Å². The summed E-state index contributed by atoms with van der Waals surface area (Å²) in [5, 5.41) is 56.1. The van der Waals surface area contributed by atoms with E-state index in [0.29, 0.717) is 0 Å². The van der Waals surface area contributed by atoms with Gasteiger partial charge in [-0.25, -0.2) is 24.9 Å². The number of aliphatic imine (C=N–C) groups is 2. The van der Waals surface area contributed by atoms with Crippen molar-refractivity contribution < 1.29 is 0 Å². The molecule has 138 valence electrons. The molecule has 0 amide bonds. The van der Waals surface area contributed by atoms with E-state index in [2.05, 4.69) is 29.9 Å². The Balaban J connectivity index is 2.33. The monoisotopic (exact) mass is 398 g/mol. The van der Waals surface area contributed by atoms with E-state index in [1.165, 1.54) is 0 Å². The maximum Gasteiger partial charge on any atom is 0.177 e. The lowest BCUT2D eigenvalue weighted by molar-refractivity contribution is 1.07. The van der Waals surface area contributed by atoms with Crippen LogP contribution >= 0.6 is 0 Å². The lowest BCUT2D eigenvalue weighted by Gasteiger charge is -2.11. The number of aromatic nitrogens is 4. The molecule has 0 N–H and O–H groups in total. The zero-order valence-electron chi connectivity index (χ0n) is 15.1. The maximum absolute atomic E-state index is 9.41. The number of hydrogen-bond acceptors (Lipinski definition) is 12. The van der Waals surface area contributed by atoms with Crippen LogP contribution < -0.4 is 0 Å². The van der Waals surface area contributed by atoms with E-state index in [1.807, 2.05) is 0 Å². The van der Waals surface area contributed by atoms with E-state index in [4.69, 9.17) is 0 Å². The van der Waals surface area contributed by atoms with Crippen LogP contribution in [0.25, 0.3) is 22.1 Å². The Hall–Kier alpha value is -5.82. The highest BCUT2D eigenvalue weighted by molar-refractivity contribution is 6.54. The Morgan fingerprint density at radius 1 is 0.516 bits per heavy atom. The molecule has 4 rings (SSSR count). The summed E-state index contributed by atoms with van der Waals surface area (Å²) in [6, 6.07) is 10.7. The van der Waals surface area contributed by atoms with Crippen LogP contribution in [0.2, 0.25) is 0 Å². The van der Waals surface area contributed by atoms with Crippen molar-refractivity contribution in [2.45, 2.75) is 6.54 Å². The quantitative estimate of drug-likeness (QED) is 0.491. The fourth-order valence-electron chi connectivity index (χ4n) is 2.98. The molecule has 12 nitrogen and oxygen atoms in total. The van der Waals surface area contributed by atoms with Gasteiger partial charge in [0.1, 0.15) is 53.0 Å². The Bertz CT molecular complexity index is 1670. The maximum atomic E-state index is 9.41. The third kappa shape index (κ3) is 2.64. The summed E-state index contributed by atoms with van der Waals surface area (Å²) in [5.41, 5.74) is -1.09. The standard InChI is InChI=1S/C19H2N12/c20-1-9-10(2-21)27-15-8(7-26-9)16-18(29-12(4-23)11(3-22)28-16)19-17(15)30-13(5-24)14(6-25)31-19/h7H2. The molecule has 2 aromatic heterocycles. The van der Waals surface area contributed by atoms with Crippen molar-refractivity contribution in [2.24, 2.45) is 9.98 Å². The fraction of sp³-hybridized carbons (Fsp3) is 0.0526. The van der Waals surface area contributed by atoms with Gasteiger partial charge in [-0.05, 0) is 0 Å². The number of benzene rings is 1. The zero-order chi connectivity index (χ0) is 22.1. The van der Waals surface area contributed by atoms with Gasteiger partial charge in [-0.1, -0.05) is 0 Å². The second-order valence-electron chi connectivity index (χ2n) is 5.86. The molecule has 0 aliphatic carbocycles. The normalized spacial score (nSPS) is 11.9. The number of rotatable bonds is 0. The summed E-state index contributed by atoms with van der Waals surface area (Å²) in [6.45, 7) is -0.158. The largest absolute Gasteiger partial charge is 0.267 e. The first-order valence-electron chi connectivity index (χ1n) is 8.22. The Morgan fingerprint density at radius 3 is 1.45 bits per heavy atom. The van der Waals surface area contributed by atoms with Crippen molar-refractivity contribution >= 4 is 39.2 Å². The highest BCUT2D eigenvalue weighted by Crippen LogP contribution is 2.37. The molecule has 12 heteroatoms. The number of fused-ring (bicyclic) bond motifs is 6. The molecule has 0 bridgehead atoms. The minimum absolute atomic E-state index is 0.000706. The molecule has 1 aromatic carbocycles. The van der Waals surface area contributed by atoms with Crippen LogP contribution in [0.15, 0.2) is 9.98 Å². The van der Waals surface area contributed by atoms with Crippen LogP contribution in [0.3, 0.4) is 0 Å². The molecule has 1 aliphatic rings. The summed E-state index contributed by atoms with van der Waals surface area (Å²) >= 11 is 0. The molecule has 0 atom stereocenters. The van der Waals surface area contributed by atoms with Crippen LogP contribution in [-0.4, -0.2) is 31.4 Å². The van der Waals surface area contributed by atoms with Crippen molar-refractivity contribution in [1.82, 2.24) is 19.9 Å². The molecule has 0 spiro atoms. The summed E-state index contributed by atoms with van der Waals surface area (Å²) in [4.78, 5) is 25.0. The molecule has 0 fully saturated rings. The van der Waals surface area contributed by atoms with Gasteiger partial charge in [0.25, 0.3) is 0 Å². The van der Waals surface area contributed by atoms with Crippen molar-refractivity contribution in [3.05, 3.63) is 28.3 Å². The Kier molecular flexibility index (Phi) is 4.17. The van der Waals surface area contributed by atoms with Crippen LogP contribution in [0.5, 0.6) is 0 Å². The van der Waals surface area contributed by atoms with Gasteiger partial charge in [-0.2, -0.15) is 31.6 Å². The Morgan fingerprint density at radius 2 is 0.968 bits per heavy atom. The summed E-state index contributed by atoms with van der Waals surface area (Å²) in [6.07, 6.45) is 0. The summed E-state index contributed by atoms with van der Waals surface area (Å²) < 4.78 is 0. The minimum atomic E-state index is -0.284. The highest BCUT2D eigenvalue weighted by atomic mass is 14.9. The van der Waals surface area contributed by atoms with Gasteiger partial charge in [0.15, 0.2) is 34.2 Å². The number of hydrogen-bond donors (Lipinski definition) is 0. The Labute approximate surface area is 172 Å². The molecular weight excluding hydrogens is 396 g/mol. The lowest BCUT2D eigenvalue weighted by atomic mass is 10.1. The van der Waals surface area contributed by atoms with Gasteiger partial charge >= 0.3 is 0 Å². The average Bonchev–Trinajstić information content (AvgIpc) is 3.01. The fourth-order valence-corrected chi connectivity index (χ4v) is 2.98.